The van der Waals surface area contributed by atoms with Crippen molar-refractivity contribution in [2.24, 2.45) is 23.7 Å². The molecule has 2 heteroatoms. The van der Waals surface area contributed by atoms with Gasteiger partial charge in [0.1, 0.15) is 0 Å². The summed E-state index contributed by atoms with van der Waals surface area (Å²) in [6, 6.07) is 18.6. The van der Waals surface area contributed by atoms with Gasteiger partial charge in [0.2, 0.25) is 0 Å². The van der Waals surface area contributed by atoms with Crippen LogP contribution in [0.1, 0.15) is 38.8 Å². The van der Waals surface area contributed by atoms with E-state index in [0.717, 1.165) is 23.7 Å². The van der Waals surface area contributed by atoms with Crippen LogP contribution in [0, 0.1) is 43.4 Å². The van der Waals surface area contributed by atoms with Crippen molar-refractivity contribution in [3.63, 3.8) is 0 Å². The summed E-state index contributed by atoms with van der Waals surface area (Å²) in [6.45, 7) is 14.1. The molecule has 1 saturated carbocycles. The largest absolute Gasteiger partial charge is 1.00 e. The van der Waals surface area contributed by atoms with E-state index in [2.05, 4.69) is 90.1 Å². The van der Waals surface area contributed by atoms with E-state index in [1.54, 1.807) is 5.92 Å². The molecule has 0 saturated heterocycles. The van der Waals surface area contributed by atoms with Crippen LogP contribution >= 0.6 is 7.92 Å². The van der Waals surface area contributed by atoms with Gasteiger partial charge in [-0.3, -0.25) is 0 Å². The average Bonchev–Trinajstić information content (AvgIpc) is 2.79. The first kappa shape index (κ1) is 21.8. The minimum Gasteiger partial charge on any atom is -0.311 e. The molecular weight excluding hydrogens is 326 g/mol. The Balaban J connectivity index is 0.00000243. The Bertz CT molecular complexity index is 632. The number of aryl methyl sites for hydroxylation is 2. The van der Waals surface area contributed by atoms with Crippen LogP contribution < -0.4 is 29.5 Å². The topological polar surface area (TPSA) is 0 Å². The normalized spacial score (nSPS) is 26.1. The Kier molecular flexibility index (Phi) is 7.62. The molecule has 0 amide bonds. The second-order valence-corrected chi connectivity index (χ2v) is 10.4. The summed E-state index contributed by atoms with van der Waals surface area (Å²) in [6.07, 6.45) is 1.31. The molecule has 0 bridgehead atoms. The van der Waals surface area contributed by atoms with Gasteiger partial charge in [0, 0.05) is 0 Å². The van der Waals surface area contributed by atoms with Crippen LogP contribution in [0.3, 0.4) is 0 Å². The standard InChI is InChI=1S/C24H32P.Li/c1-16-7-11-22(12-8-16)25(23-13-9-17(2)10-14-23)15-24-20(5)18(3)19(4)21(24)6;/h7-14,18,20-21,24H,15H2,1-6H3;/q-1;+1. The monoisotopic (exact) mass is 358 g/mol. The summed E-state index contributed by atoms with van der Waals surface area (Å²) in [5, 5.41) is 3.06. The quantitative estimate of drug-likeness (QED) is 0.448. The van der Waals surface area contributed by atoms with Crippen molar-refractivity contribution in [2.75, 3.05) is 6.16 Å². The smallest absolute Gasteiger partial charge is 0.311 e. The molecule has 0 radical (unpaired) electrons. The Hall–Kier alpha value is -0.533. The Labute approximate surface area is 174 Å². The van der Waals surface area contributed by atoms with Gasteiger partial charge in [-0.2, -0.15) is 18.8 Å². The fraction of sp³-hybridized carbons (Fsp3) is 0.458. The van der Waals surface area contributed by atoms with Crippen molar-refractivity contribution in [3.8, 4) is 0 Å². The Morgan fingerprint density at radius 3 is 1.54 bits per heavy atom. The predicted octanol–water partition coefficient (Wildman–Crippen LogP) is 2.87. The zero-order valence-corrected chi connectivity index (χ0v) is 18.5. The molecule has 0 aliphatic heterocycles. The first-order chi connectivity index (χ1) is 11.9. The predicted molar refractivity (Wildman–Crippen MR) is 113 cm³/mol. The van der Waals surface area contributed by atoms with E-state index in [0.29, 0.717) is 0 Å². The van der Waals surface area contributed by atoms with Gasteiger partial charge in [-0.1, -0.05) is 92.3 Å². The van der Waals surface area contributed by atoms with E-state index in [-0.39, 0.29) is 26.8 Å². The molecule has 1 aliphatic carbocycles. The summed E-state index contributed by atoms with van der Waals surface area (Å²) in [7, 11) is -0.291. The zero-order valence-electron chi connectivity index (χ0n) is 17.6. The zero-order chi connectivity index (χ0) is 18.1. The third-order valence-electron chi connectivity index (χ3n) is 6.63. The van der Waals surface area contributed by atoms with E-state index < -0.39 is 0 Å². The van der Waals surface area contributed by atoms with Gasteiger partial charge in [0.25, 0.3) is 0 Å². The maximum atomic E-state index is 2.47. The molecule has 2 aromatic carbocycles. The van der Waals surface area contributed by atoms with Gasteiger partial charge < -0.3 is 5.92 Å². The molecular formula is C24H32LiP. The van der Waals surface area contributed by atoms with Crippen LogP contribution in [-0.4, -0.2) is 6.16 Å². The molecule has 0 heterocycles. The minimum atomic E-state index is -0.291. The molecule has 1 fully saturated rings. The van der Waals surface area contributed by atoms with Gasteiger partial charge in [0.15, 0.2) is 0 Å². The fourth-order valence-corrected chi connectivity index (χ4v) is 7.15. The van der Waals surface area contributed by atoms with Gasteiger partial charge in [-0.15, -0.1) is 0 Å². The van der Waals surface area contributed by atoms with E-state index in [1.165, 1.54) is 27.9 Å². The van der Waals surface area contributed by atoms with E-state index in [9.17, 15) is 0 Å². The molecule has 26 heavy (non-hydrogen) atoms. The van der Waals surface area contributed by atoms with Gasteiger partial charge in [-0.05, 0) is 38.5 Å². The summed E-state index contributed by atoms with van der Waals surface area (Å²) >= 11 is 0. The van der Waals surface area contributed by atoms with Gasteiger partial charge in [-0.25, -0.2) is 0 Å². The van der Waals surface area contributed by atoms with Gasteiger partial charge >= 0.3 is 18.9 Å². The van der Waals surface area contributed by atoms with Crippen LogP contribution in [0.2, 0.25) is 0 Å². The van der Waals surface area contributed by atoms with Crippen LogP contribution in [-0.2, 0) is 0 Å². The first-order valence-electron chi connectivity index (χ1n) is 9.62. The Morgan fingerprint density at radius 2 is 1.19 bits per heavy atom. The maximum Gasteiger partial charge on any atom is 1.00 e. The number of hydrogen-bond donors (Lipinski definition) is 0. The third-order valence-corrected chi connectivity index (χ3v) is 9.26. The molecule has 134 valence electrons. The van der Waals surface area contributed by atoms with Crippen molar-refractivity contribution >= 4 is 18.5 Å². The first-order valence-corrected chi connectivity index (χ1v) is 11.2. The van der Waals surface area contributed by atoms with Crippen molar-refractivity contribution in [1.82, 2.24) is 0 Å². The summed E-state index contributed by atoms with van der Waals surface area (Å²) in [5.41, 5.74) is 2.70. The number of hydrogen-bond acceptors (Lipinski definition) is 0. The maximum absolute atomic E-state index is 2.47. The third kappa shape index (κ3) is 4.47. The van der Waals surface area contributed by atoms with Crippen LogP contribution in [0.25, 0.3) is 0 Å². The number of benzene rings is 2. The molecule has 4 atom stereocenters. The molecule has 0 spiro atoms. The average molecular weight is 358 g/mol. The summed E-state index contributed by atoms with van der Waals surface area (Å²) in [5.74, 6) is 4.79. The Morgan fingerprint density at radius 1 is 0.769 bits per heavy atom. The van der Waals surface area contributed by atoms with Crippen molar-refractivity contribution in [1.29, 1.82) is 0 Å². The van der Waals surface area contributed by atoms with Crippen LogP contribution in [0.15, 0.2) is 48.5 Å². The van der Waals surface area contributed by atoms with Crippen LogP contribution in [0.4, 0.5) is 0 Å². The summed E-state index contributed by atoms with van der Waals surface area (Å²) in [4.78, 5) is 0. The van der Waals surface area contributed by atoms with Crippen LogP contribution in [0.5, 0.6) is 0 Å². The second kappa shape index (κ2) is 9.11. The second-order valence-electron chi connectivity index (χ2n) is 8.13. The number of rotatable bonds is 4. The SMILES string of the molecule is Cc1ccc(P(CC2C(C)[C-](C)C(C)C2C)c2ccc(C)cc2)cc1.[Li+]. The van der Waals surface area contributed by atoms with Crippen molar-refractivity contribution in [3.05, 3.63) is 65.6 Å². The molecule has 2 aromatic rings. The fourth-order valence-electron chi connectivity index (χ4n) is 4.34. The van der Waals surface area contributed by atoms with Crippen molar-refractivity contribution < 1.29 is 18.9 Å². The van der Waals surface area contributed by atoms with E-state index in [4.69, 9.17) is 0 Å². The summed E-state index contributed by atoms with van der Waals surface area (Å²) < 4.78 is 0. The molecule has 1 aliphatic rings. The molecule has 4 unspecified atom stereocenters. The molecule has 0 nitrogen and oxygen atoms in total. The van der Waals surface area contributed by atoms with E-state index >= 15 is 0 Å². The van der Waals surface area contributed by atoms with Crippen molar-refractivity contribution in [2.45, 2.75) is 41.5 Å². The van der Waals surface area contributed by atoms with Gasteiger partial charge in [0.05, 0.1) is 0 Å². The van der Waals surface area contributed by atoms with E-state index in [1.807, 2.05) is 0 Å². The molecule has 3 rings (SSSR count). The molecule has 0 N–H and O–H groups in total. The molecule has 0 aromatic heterocycles. The minimum absolute atomic E-state index is 0.